The summed E-state index contributed by atoms with van der Waals surface area (Å²) in [5.74, 6) is 0.602. The second-order valence-electron chi connectivity index (χ2n) is 6.43. The lowest BCUT2D eigenvalue weighted by molar-refractivity contribution is 0.130. The normalized spacial score (nSPS) is 16.0. The SMILES string of the molecule is COc1cc(/C(C)=N/N2CCN(Cc3ccc(Cl)cc3)CC2)ccc1O. The van der Waals surface area contributed by atoms with E-state index in [1.807, 2.05) is 31.2 Å². The second-order valence-corrected chi connectivity index (χ2v) is 6.86. The summed E-state index contributed by atoms with van der Waals surface area (Å²) in [6.45, 7) is 6.63. The zero-order chi connectivity index (χ0) is 18.5. The first-order chi connectivity index (χ1) is 12.5. The molecule has 6 heteroatoms. The second kappa shape index (κ2) is 8.43. The van der Waals surface area contributed by atoms with Crippen LogP contribution in [-0.2, 0) is 6.54 Å². The molecular weight excluding hydrogens is 350 g/mol. The quantitative estimate of drug-likeness (QED) is 0.813. The van der Waals surface area contributed by atoms with Crippen molar-refractivity contribution in [2.45, 2.75) is 13.5 Å². The number of piperazine rings is 1. The number of phenolic OH excluding ortho intramolecular Hbond substituents is 1. The molecule has 2 aromatic carbocycles. The minimum atomic E-state index is 0.139. The van der Waals surface area contributed by atoms with Gasteiger partial charge in [0.1, 0.15) is 0 Å². The molecule has 0 aliphatic carbocycles. The molecule has 1 N–H and O–H groups in total. The van der Waals surface area contributed by atoms with Crippen LogP contribution in [-0.4, -0.2) is 54.0 Å². The summed E-state index contributed by atoms with van der Waals surface area (Å²) < 4.78 is 5.17. The van der Waals surface area contributed by atoms with Gasteiger partial charge < -0.3 is 9.84 Å². The highest BCUT2D eigenvalue weighted by molar-refractivity contribution is 6.30. The molecule has 1 heterocycles. The van der Waals surface area contributed by atoms with Gasteiger partial charge in [0.25, 0.3) is 0 Å². The third kappa shape index (κ3) is 4.68. The first kappa shape index (κ1) is 18.5. The van der Waals surface area contributed by atoms with Crippen molar-refractivity contribution >= 4 is 17.3 Å². The van der Waals surface area contributed by atoms with E-state index in [0.29, 0.717) is 5.75 Å². The first-order valence-electron chi connectivity index (χ1n) is 8.69. The van der Waals surface area contributed by atoms with Gasteiger partial charge in [-0.2, -0.15) is 5.10 Å². The van der Waals surface area contributed by atoms with Gasteiger partial charge in [-0.25, -0.2) is 0 Å². The molecule has 0 saturated carbocycles. The van der Waals surface area contributed by atoms with Gasteiger partial charge in [-0.05, 0) is 42.8 Å². The first-order valence-corrected chi connectivity index (χ1v) is 9.07. The van der Waals surface area contributed by atoms with E-state index in [4.69, 9.17) is 21.4 Å². The zero-order valence-electron chi connectivity index (χ0n) is 15.2. The van der Waals surface area contributed by atoms with Crippen LogP contribution in [0.4, 0.5) is 0 Å². The van der Waals surface area contributed by atoms with Crippen molar-refractivity contribution in [3.05, 3.63) is 58.6 Å². The minimum absolute atomic E-state index is 0.139. The highest BCUT2D eigenvalue weighted by Gasteiger charge is 2.16. The van der Waals surface area contributed by atoms with Crippen molar-refractivity contribution in [2.75, 3.05) is 33.3 Å². The van der Waals surface area contributed by atoms with E-state index >= 15 is 0 Å². The summed E-state index contributed by atoms with van der Waals surface area (Å²) in [5, 5.41) is 17.3. The molecule has 0 amide bonds. The monoisotopic (exact) mass is 373 g/mol. The topological polar surface area (TPSA) is 48.3 Å². The van der Waals surface area contributed by atoms with Crippen LogP contribution in [0.2, 0.25) is 5.02 Å². The van der Waals surface area contributed by atoms with Crippen LogP contribution in [0.5, 0.6) is 11.5 Å². The van der Waals surface area contributed by atoms with E-state index in [0.717, 1.165) is 49.0 Å². The number of aromatic hydroxyl groups is 1. The van der Waals surface area contributed by atoms with Gasteiger partial charge in [-0.15, -0.1) is 0 Å². The largest absolute Gasteiger partial charge is 0.504 e. The molecule has 0 radical (unpaired) electrons. The van der Waals surface area contributed by atoms with E-state index in [1.54, 1.807) is 13.2 Å². The Hall–Kier alpha value is -2.24. The molecule has 0 spiro atoms. The number of benzene rings is 2. The lowest BCUT2D eigenvalue weighted by atomic mass is 10.1. The number of rotatable bonds is 5. The molecule has 0 unspecified atom stereocenters. The summed E-state index contributed by atoms with van der Waals surface area (Å²) in [6.07, 6.45) is 0. The van der Waals surface area contributed by atoms with Gasteiger partial charge in [0.15, 0.2) is 11.5 Å². The lowest BCUT2D eigenvalue weighted by Gasteiger charge is -2.33. The fourth-order valence-electron chi connectivity index (χ4n) is 3.02. The number of methoxy groups -OCH3 is 1. The summed E-state index contributed by atoms with van der Waals surface area (Å²) in [6, 6.07) is 13.3. The van der Waals surface area contributed by atoms with E-state index in [2.05, 4.69) is 22.0 Å². The maximum Gasteiger partial charge on any atom is 0.161 e. The van der Waals surface area contributed by atoms with Crippen LogP contribution >= 0.6 is 11.6 Å². The van der Waals surface area contributed by atoms with Gasteiger partial charge in [0.05, 0.1) is 12.8 Å². The molecule has 0 bridgehead atoms. The summed E-state index contributed by atoms with van der Waals surface area (Å²) in [7, 11) is 1.55. The van der Waals surface area contributed by atoms with Crippen molar-refractivity contribution in [1.29, 1.82) is 0 Å². The third-order valence-electron chi connectivity index (χ3n) is 4.56. The Bertz CT molecular complexity index is 769. The number of halogens is 1. The van der Waals surface area contributed by atoms with Crippen LogP contribution in [0.3, 0.4) is 0 Å². The Morgan fingerprint density at radius 3 is 2.46 bits per heavy atom. The van der Waals surface area contributed by atoms with Crippen LogP contribution in [0, 0.1) is 0 Å². The van der Waals surface area contributed by atoms with Gasteiger partial charge in [0, 0.05) is 43.3 Å². The number of nitrogens with zero attached hydrogens (tertiary/aromatic N) is 3. The van der Waals surface area contributed by atoms with Gasteiger partial charge in [-0.1, -0.05) is 23.7 Å². The predicted octanol–water partition coefficient (Wildman–Crippen LogP) is 3.60. The Morgan fingerprint density at radius 2 is 1.81 bits per heavy atom. The molecule has 3 rings (SSSR count). The van der Waals surface area contributed by atoms with Crippen LogP contribution in [0.25, 0.3) is 0 Å². The molecule has 1 aliphatic rings. The molecule has 2 aromatic rings. The van der Waals surface area contributed by atoms with Crippen molar-refractivity contribution in [1.82, 2.24) is 9.91 Å². The standard InChI is InChI=1S/C20H24ClN3O2/c1-15(17-5-8-19(25)20(13-17)26-2)22-24-11-9-23(10-12-24)14-16-3-6-18(21)7-4-16/h3-8,13,25H,9-12,14H2,1-2H3/b22-15+. The molecular formula is C20H24ClN3O2. The van der Waals surface area contributed by atoms with Gasteiger partial charge >= 0.3 is 0 Å². The number of hydrazone groups is 1. The summed E-state index contributed by atoms with van der Waals surface area (Å²) in [4.78, 5) is 2.42. The fourth-order valence-corrected chi connectivity index (χ4v) is 3.14. The van der Waals surface area contributed by atoms with Crippen LogP contribution in [0.15, 0.2) is 47.6 Å². The number of ether oxygens (including phenoxy) is 1. The predicted molar refractivity (Wildman–Crippen MR) is 105 cm³/mol. The fraction of sp³-hybridized carbons (Fsp3) is 0.350. The van der Waals surface area contributed by atoms with Gasteiger partial charge in [-0.3, -0.25) is 9.91 Å². The summed E-state index contributed by atoms with van der Waals surface area (Å²) in [5.41, 5.74) is 3.14. The summed E-state index contributed by atoms with van der Waals surface area (Å²) >= 11 is 5.94. The van der Waals surface area contributed by atoms with Crippen molar-refractivity contribution < 1.29 is 9.84 Å². The third-order valence-corrected chi connectivity index (χ3v) is 4.81. The number of hydrogen-bond donors (Lipinski definition) is 1. The molecule has 5 nitrogen and oxygen atoms in total. The highest BCUT2D eigenvalue weighted by atomic mass is 35.5. The molecule has 0 atom stereocenters. The Balaban J connectivity index is 1.57. The molecule has 0 aromatic heterocycles. The van der Waals surface area contributed by atoms with Crippen molar-refractivity contribution in [2.24, 2.45) is 5.10 Å². The molecule has 26 heavy (non-hydrogen) atoms. The Kier molecular flexibility index (Phi) is 6.01. The van der Waals surface area contributed by atoms with E-state index in [-0.39, 0.29) is 5.75 Å². The van der Waals surface area contributed by atoms with Crippen molar-refractivity contribution in [3.8, 4) is 11.5 Å². The van der Waals surface area contributed by atoms with E-state index in [1.165, 1.54) is 5.56 Å². The molecule has 1 fully saturated rings. The molecule has 138 valence electrons. The smallest absolute Gasteiger partial charge is 0.161 e. The van der Waals surface area contributed by atoms with Crippen LogP contribution < -0.4 is 4.74 Å². The lowest BCUT2D eigenvalue weighted by Crippen LogP contribution is -2.43. The Labute approximate surface area is 159 Å². The van der Waals surface area contributed by atoms with Crippen molar-refractivity contribution in [3.63, 3.8) is 0 Å². The van der Waals surface area contributed by atoms with E-state index < -0.39 is 0 Å². The van der Waals surface area contributed by atoms with Gasteiger partial charge in [0.2, 0.25) is 0 Å². The van der Waals surface area contributed by atoms with Crippen LogP contribution in [0.1, 0.15) is 18.1 Å². The maximum absolute atomic E-state index is 9.72. The number of hydrogen-bond acceptors (Lipinski definition) is 5. The average Bonchev–Trinajstić information content (AvgIpc) is 2.65. The zero-order valence-corrected chi connectivity index (χ0v) is 15.9. The van der Waals surface area contributed by atoms with E-state index in [9.17, 15) is 5.11 Å². The highest BCUT2D eigenvalue weighted by Crippen LogP contribution is 2.26. The minimum Gasteiger partial charge on any atom is -0.504 e. The number of phenols is 1. The molecule has 1 saturated heterocycles. The molecule has 1 aliphatic heterocycles. The Morgan fingerprint density at radius 1 is 1.12 bits per heavy atom. The maximum atomic E-state index is 9.72. The average molecular weight is 374 g/mol.